The van der Waals surface area contributed by atoms with Crippen LogP contribution in [0.25, 0.3) is 0 Å². The summed E-state index contributed by atoms with van der Waals surface area (Å²) in [5, 5.41) is 5.83. The van der Waals surface area contributed by atoms with Crippen LogP contribution in [0, 0.1) is 17.6 Å². The average Bonchev–Trinajstić information content (AvgIpc) is 2.92. The van der Waals surface area contributed by atoms with E-state index in [1.54, 1.807) is 7.11 Å². The third-order valence-corrected chi connectivity index (χ3v) is 3.78. The SMILES string of the molecule is COCCNCCNC(=O)C1CC(=O)N(c2ccc(F)cc2F)C1. The van der Waals surface area contributed by atoms with Crippen LogP contribution in [0.15, 0.2) is 18.2 Å². The number of anilines is 1. The number of nitrogens with one attached hydrogen (secondary N) is 2. The summed E-state index contributed by atoms with van der Waals surface area (Å²) in [6.07, 6.45) is 0.0136. The molecule has 2 N–H and O–H groups in total. The molecule has 0 aliphatic carbocycles. The maximum Gasteiger partial charge on any atom is 0.227 e. The molecule has 1 heterocycles. The molecule has 2 amide bonds. The van der Waals surface area contributed by atoms with Gasteiger partial charge in [-0.05, 0) is 12.1 Å². The van der Waals surface area contributed by atoms with Gasteiger partial charge in [0.1, 0.15) is 11.6 Å². The molecule has 0 aromatic heterocycles. The van der Waals surface area contributed by atoms with Gasteiger partial charge < -0.3 is 20.3 Å². The number of hydrogen-bond donors (Lipinski definition) is 2. The van der Waals surface area contributed by atoms with Crippen LogP contribution in [-0.2, 0) is 14.3 Å². The highest BCUT2D eigenvalue weighted by Gasteiger charge is 2.36. The van der Waals surface area contributed by atoms with Crippen LogP contribution in [-0.4, -0.2) is 51.7 Å². The minimum atomic E-state index is -0.813. The van der Waals surface area contributed by atoms with Crippen molar-refractivity contribution in [3.05, 3.63) is 29.8 Å². The first-order valence-corrected chi connectivity index (χ1v) is 7.75. The summed E-state index contributed by atoms with van der Waals surface area (Å²) >= 11 is 0. The molecule has 1 unspecified atom stereocenters. The van der Waals surface area contributed by atoms with Gasteiger partial charge in [0.05, 0.1) is 18.2 Å². The van der Waals surface area contributed by atoms with Gasteiger partial charge in [0, 0.05) is 45.8 Å². The molecule has 1 aromatic rings. The molecule has 0 bridgehead atoms. The van der Waals surface area contributed by atoms with Crippen LogP contribution in [0.3, 0.4) is 0 Å². The van der Waals surface area contributed by atoms with E-state index in [2.05, 4.69) is 10.6 Å². The number of carbonyl (C=O) groups excluding carboxylic acids is 2. The Balaban J connectivity index is 1.84. The minimum Gasteiger partial charge on any atom is -0.383 e. The molecule has 2 rings (SSSR count). The second kappa shape index (κ2) is 8.70. The maximum atomic E-state index is 13.8. The summed E-state index contributed by atoms with van der Waals surface area (Å²) in [6.45, 7) is 2.38. The summed E-state index contributed by atoms with van der Waals surface area (Å²) in [5.41, 5.74) is -0.00191. The average molecular weight is 341 g/mol. The molecule has 1 aliphatic rings. The fourth-order valence-electron chi connectivity index (χ4n) is 2.53. The van der Waals surface area contributed by atoms with E-state index in [9.17, 15) is 18.4 Å². The Morgan fingerprint density at radius 1 is 1.33 bits per heavy atom. The number of halogens is 2. The molecule has 0 radical (unpaired) electrons. The van der Waals surface area contributed by atoms with E-state index < -0.39 is 17.6 Å². The third-order valence-electron chi connectivity index (χ3n) is 3.78. The maximum absolute atomic E-state index is 13.8. The van der Waals surface area contributed by atoms with Gasteiger partial charge in [-0.25, -0.2) is 8.78 Å². The van der Waals surface area contributed by atoms with Crippen LogP contribution in [0.5, 0.6) is 0 Å². The van der Waals surface area contributed by atoms with Crippen molar-refractivity contribution in [3.63, 3.8) is 0 Å². The number of carbonyl (C=O) groups is 2. The van der Waals surface area contributed by atoms with Gasteiger partial charge in [0.25, 0.3) is 0 Å². The van der Waals surface area contributed by atoms with Crippen molar-refractivity contribution in [2.75, 3.05) is 44.8 Å². The Hall–Kier alpha value is -2.06. The van der Waals surface area contributed by atoms with Gasteiger partial charge in [-0.1, -0.05) is 0 Å². The molecule has 24 heavy (non-hydrogen) atoms. The van der Waals surface area contributed by atoms with Crippen LogP contribution in [0.2, 0.25) is 0 Å². The minimum absolute atomic E-state index is 0.00191. The lowest BCUT2D eigenvalue weighted by atomic mass is 10.1. The second-order valence-electron chi connectivity index (χ2n) is 5.53. The Bertz CT molecular complexity index is 598. The molecule has 8 heteroatoms. The molecule has 1 fully saturated rings. The van der Waals surface area contributed by atoms with E-state index in [0.717, 1.165) is 12.1 Å². The molecule has 6 nitrogen and oxygen atoms in total. The van der Waals surface area contributed by atoms with Crippen molar-refractivity contribution in [2.24, 2.45) is 5.92 Å². The standard InChI is InChI=1S/C16H21F2N3O3/c1-24-7-6-19-4-5-20-16(23)11-8-15(22)21(10-11)14-3-2-12(17)9-13(14)18/h2-3,9,11,19H,4-8,10H2,1H3,(H,20,23). The molecule has 132 valence electrons. The highest BCUT2D eigenvalue weighted by Crippen LogP contribution is 2.27. The number of nitrogens with zero attached hydrogens (tertiary/aromatic N) is 1. The van der Waals surface area contributed by atoms with E-state index in [0.29, 0.717) is 26.2 Å². The summed E-state index contributed by atoms with van der Waals surface area (Å²) in [6, 6.07) is 3.02. The van der Waals surface area contributed by atoms with Crippen molar-refractivity contribution >= 4 is 17.5 Å². The smallest absolute Gasteiger partial charge is 0.227 e. The number of amides is 2. The van der Waals surface area contributed by atoms with E-state index in [1.807, 2.05) is 0 Å². The summed E-state index contributed by atoms with van der Waals surface area (Å²) in [7, 11) is 1.61. The predicted molar refractivity (Wildman–Crippen MR) is 84.6 cm³/mol. The number of methoxy groups -OCH3 is 1. The number of hydrogen-bond acceptors (Lipinski definition) is 4. The largest absolute Gasteiger partial charge is 0.383 e. The second-order valence-corrected chi connectivity index (χ2v) is 5.53. The molecule has 1 atom stereocenters. The first-order valence-electron chi connectivity index (χ1n) is 7.75. The van der Waals surface area contributed by atoms with Gasteiger partial charge in [0.15, 0.2) is 0 Å². The Kier molecular flexibility index (Phi) is 6.62. The number of ether oxygens (including phenoxy) is 1. The van der Waals surface area contributed by atoms with Crippen LogP contribution < -0.4 is 15.5 Å². The zero-order valence-electron chi connectivity index (χ0n) is 13.5. The van der Waals surface area contributed by atoms with Crippen molar-refractivity contribution in [2.45, 2.75) is 6.42 Å². The molecule has 0 saturated carbocycles. The lowest BCUT2D eigenvalue weighted by Crippen LogP contribution is -2.37. The van der Waals surface area contributed by atoms with Gasteiger partial charge >= 0.3 is 0 Å². The molecule has 0 spiro atoms. The lowest BCUT2D eigenvalue weighted by Gasteiger charge is -2.17. The Morgan fingerprint density at radius 2 is 2.12 bits per heavy atom. The van der Waals surface area contributed by atoms with Crippen LogP contribution >= 0.6 is 0 Å². The molecule has 1 aromatic carbocycles. The van der Waals surface area contributed by atoms with Gasteiger partial charge in [-0.3, -0.25) is 9.59 Å². The summed E-state index contributed by atoms with van der Waals surface area (Å²) < 4.78 is 31.7. The Labute approximate surface area is 139 Å². The van der Waals surface area contributed by atoms with Crippen molar-refractivity contribution < 1.29 is 23.1 Å². The monoisotopic (exact) mass is 341 g/mol. The number of rotatable bonds is 8. The molecular weight excluding hydrogens is 320 g/mol. The van der Waals surface area contributed by atoms with E-state index in [-0.39, 0.29) is 30.5 Å². The molecule has 1 aliphatic heterocycles. The van der Waals surface area contributed by atoms with Crippen LogP contribution in [0.4, 0.5) is 14.5 Å². The quantitative estimate of drug-likeness (QED) is 0.682. The van der Waals surface area contributed by atoms with Crippen molar-refractivity contribution in [3.8, 4) is 0 Å². The Morgan fingerprint density at radius 3 is 2.83 bits per heavy atom. The molecule has 1 saturated heterocycles. The highest BCUT2D eigenvalue weighted by molar-refractivity contribution is 6.00. The third kappa shape index (κ3) is 4.72. The summed E-state index contributed by atoms with van der Waals surface area (Å²) in [4.78, 5) is 25.3. The zero-order valence-corrected chi connectivity index (χ0v) is 13.5. The fourth-order valence-corrected chi connectivity index (χ4v) is 2.53. The topological polar surface area (TPSA) is 70.7 Å². The van der Waals surface area contributed by atoms with E-state index >= 15 is 0 Å². The number of benzene rings is 1. The summed E-state index contributed by atoms with van der Waals surface area (Å²) in [5.74, 6) is -2.66. The van der Waals surface area contributed by atoms with Gasteiger partial charge in [0.2, 0.25) is 11.8 Å². The van der Waals surface area contributed by atoms with Gasteiger partial charge in [-0.15, -0.1) is 0 Å². The predicted octanol–water partition coefficient (Wildman–Crippen LogP) is 0.670. The first kappa shape index (κ1) is 18.3. The first-order chi connectivity index (χ1) is 11.5. The van der Waals surface area contributed by atoms with Gasteiger partial charge in [-0.2, -0.15) is 0 Å². The molecular formula is C16H21F2N3O3. The fraction of sp³-hybridized carbons (Fsp3) is 0.500. The van der Waals surface area contributed by atoms with Crippen LogP contribution in [0.1, 0.15) is 6.42 Å². The normalized spacial score (nSPS) is 17.4. The lowest BCUT2D eigenvalue weighted by molar-refractivity contribution is -0.126. The van der Waals surface area contributed by atoms with E-state index in [4.69, 9.17) is 4.74 Å². The van der Waals surface area contributed by atoms with Crippen molar-refractivity contribution in [1.82, 2.24) is 10.6 Å². The zero-order chi connectivity index (χ0) is 17.5. The van der Waals surface area contributed by atoms with Crippen molar-refractivity contribution in [1.29, 1.82) is 0 Å². The van der Waals surface area contributed by atoms with E-state index in [1.165, 1.54) is 11.0 Å². The highest BCUT2D eigenvalue weighted by atomic mass is 19.1.